The molecule has 0 unspecified atom stereocenters. The Balaban J connectivity index is 1.92. The molecule has 0 saturated heterocycles. The predicted molar refractivity (Wildman–Crippen MR) is 111 cm³/mol. The van der Waals surface area contributed by atoms with Crippen molar-refractivity contribution in [2.24, 2.45) is 0 Å². The SMILES string of the molecule is Cc1cccc(C)c1-c1cc(OCC=O)nc(NSc2cccc(C(=O)O)c2)n1. The van der Waals surface area contributed by atoms with E-state index in [1.54, 1.807) is 24.3 Å². The first-order chi connectivity index (χ1) is 14.0. The number of aryl methyl sites for hydroxylation is 2. The molecule has 3 rings (SSSR count). The van der Waals surface area contributed by atoms with Crippen molar-refractivity contribution in [3.63, 3.8) is 0 Å². The van der Waals surface area contributed by atoms with Crippen LogP contribution >= 0.6 is 11.9 Å². The fraction of sp³-hybridized carbons (Fsp3) is 0.143. The van der Waals surface area contributed by atoms with Gasteiger partial charge < -0.3 is 9.84 Å². The van der Waals surface area contributed by atoms with E-state index in [0.717, 1.165) is 16.7 Å². The molecule has 2 N–H and O–H groups in total. The van der Waals surface area contributed by atoms with Crippen molar-refractivity contribution >= 4 is 30.2 Å². The number of anilines is 1. The Labute approximate surface area is 172 Å². The molecular formula is C21H19N3O4S. The monoisotopic (exact) mass is 409 g/mol. The third-order valence-corrected chi connectivity index (χ3v) is 4.85. The maximum atomic E-state index is 11.1. The number of hydrogen-bond donors (Lipinski definition) is 2. The Morgan fingerprint density at radius 2 is 1.86 bits per heavy atom. The third-order valence-electron chi connectivity index (χ3n) is 4.08. The number of nitrogens with one attached hydrogen (secondary N) is 1. The molecule has 8 heteroatoms. The standard InChI is InChI=1S/C21H19N3O4S/c1-13-5-3-6-14(2)19(13)17-12-18(28-10-9-25)23-21(22-17)24-29-16-8-4-7-15(11-16)20(26)27/h3-9,11-12H,10H2,1-2H3,(H,26,27)(H,22,23,24). The minimum absolute atomic E-state index is 0.115. The molecule has 0 aliphatic rings. The molecule has 0 atom stereocenters. The summed E-state index contributed by atoms with van der Waals surface area (Å²) in [6.45, 7) is 3.88. The van der Waals surface area contributed by atoms with E-state index in [2.05, 4.69) is 14.7 Å². The molecule has 29 heavy (non-hydrogen) atoms. The summed E-state index contributed by atoms with van der Waals surface area (Å²) in [7, 11) is 0. The van der Waals surface area contributed by atoms with Crippen LogP contribution in [-0.2, 0) is 4.79 Å². The average Bonchev–Trinajstić information content (AvgIpc) is 2.71. The largest absolute Gasteiger partial charge is 0.478 e. The Hall–Kier alpha value is -3.39. The van der Waals surface area contributed by atoms with Gasteiger partial charge >= 0.3 is 5.97 Å². The van der Waals surface area contributed by atoms with Crippen molar-refractivity contribution in [2.45, 2.75) is 18.7 Å². The lowest BCUT2D eigenvalue weighted by Gasteiger charge is -2.13. The van der Waals surface area contributed by atoms with Gasteiger partial charge in [-0.25, -0.2) is 9.78 Å². The van der Waals surface area contributed by atoms with Crippen LogP contribution in [-0.4, -0.2) is 33.9 Å². The smallest absolute Gasteiger partial charge is 0.335 e. The van der Waals surface area contributed by atoms with E-state index in [1.807, 2.05) is 32.0 Å². The van der Waals surface area contributed by atoms with Gasteiger partial charge in [-0.1, -0.05) is 24.3 Å². The van der Waals surface area contributed by atoms with E-state index < -0.39 is 5.97 Å². The van der Waals surface area contributed by atoms with Gasteiger partial charge in [-0.05, 0) is 55.1 Å². The molecule has 0 aliphatic carbocycles. The van der Waals surface area contributed by atoms with Gasteiger partial charge in [0.15, 0.2) is 6.29 Å². The minimum atomic E-state index is -0.995. The zero-order valence-corrected chi connectivity index (χ0v) is 16.7. The first-order valence-corrected chi connectivity index (χ1v) is 9.58. The first kappa shape index (κ1) is 20.3. The summed E-state index contributed by atoms with van der Waals surface area (Å²) in [5.41, 5.74) is 3.93. The molecule has 0 aliphatic heterocycles. The van der Waals surface area contributed by atoms with E-state index in [1.165, 1.54) is 18.0 Å². The molecular weight excluding hydrogens is 390 g/mol. The molecule has 0 bridgehead atoms. The molecule has 0 amide bonds. The van der Waals surface area contributed by atoms with Crippen molar-refractivity contribution in [3.05, 3.63) is 65.2 Å². The lowest BCUT2D eigenvalue weighted by atomic mass is 10.00. The topological polar surface area (TPSA) is 101 Å². The highest BCUT2D eigenvalue weighted by molar-refractivity contribution is 8.00. The number of nitrogens with zero attached hydrogens (tertiary/aromatic N) is 2. The zero-order chi connectivity index (χ0) is 20.8. The fourth-order valence-corrected chi connectivity index (χ4v) is 3.44. The highest BCUT2D eigenvalue weighted by Crippen LogP contribution is 2.30. The number of benzene rings is 2. The van der Waals surface area contributed by atoms with E-state index in [-0.39, 0.29) is 24.0 Å². The number of carbonyl (C=O) groups excluding carboxylic acids is 1. The van der Waals surface area contributed by atoms with Gasteiger partial charge in [0.05, 0.1) is 11.3 Å². The summed E-state index contributed by atoms with van der Waals surface area (Å²) in [6, 6.07) is 14.2. The summed E-state index contributed by atoms with van der Waals surface area (Å²) in [5.74, 6) is -0.436. The molecule has 1 aromatic heterocycles. The second-order valence-electron chi connectivity index (χ2n) is 6.20. The Kier molecular flexibility index (Phi) is 6.46. The van der Waals surface area contributed by atoms with Gasteiger partial charge in [-0.2, -0.15) is 4.98 Å². The van der Waals surface area contributed by atoms with E-state index in [9.17, 15) is 9.59 Å². The van der Waals surface area contributed by atoms with Crippen LogP contribution in [0.1, 0.15) is 21.5 Å². The van der Waals surface area contributed by atoms with Crippen molar-refractivity contribution in [1.82, 2.24) is 9.97 Å². The molecule has 148 valence electrons. The summed E-state index contributed by atoms with van der Waals surface area (Å²) < 4.78 is 8.42. The quantitative estimate of drug-likeness (QED) is 0.422. The summed E-state index contributed by atoms with van der Waals surface area (Å²) in [4.78, 5) is 31.4. The van der Waals surface area contributed by atoms with Gasteiger partial charge in [0.1, 0.15) is 6.61 Å². The number of rotatable bonds is 8. The molecule has 0 fully saturated rings. The fourth-order valence-electron chi connectivity index (χ4n) is 2.81. The van der Waals surface area contributed by atoms with Crippen molar-refractivity contribution < 1.29 is 19.4 Å². The van der Waals surface area contributed by atoms with Crippen LogP contribution in [0, 0.1) is 13.8 Å². The lowest BCUT2D eigenvalue weighted by Crippen LogP contribution is -2.04. The molecule has 7 nitrogen and oxygen atoms in total. The molecule has 3 aromatic rings. The molecule has 0 saturated carbocycles. The summed E-state index contributed by atoms with van der Waals surface area (Å²) in [6.07, 6.45) is 0.653. The summed E-state index contributed by atoms with van der Waals surface area (Å²) >= 11 is 1.19. The van der Waals surface area contributed by atoms with E-state index in [0.29, 0.717) is 16.9 Å². The van der Waals surface area contributed by atoms with Crippen LogP contribution in [0.25, 0.3) is 11.3 Å². The number of carbonyl (C=O) groups is 2. The van der Waals surface area contributed by atoms with E-state index in [4.69, 9.17) is 9.84 Å². The van der Waals surface area contributed by atoms with Gasteiger partial charge in [-0.3, -0.25) is 9.52 Å². The van der Waals surface area contributed by atoms with Crippen molar-refractivity contribution in [3.8, 4) is 17.1 Å². The maximum Gasteiger partial charge on any atom is 0.335 e. The van der Waals surface area contributed by atoms with E-state index >= 15 is 0 Å². The van der Waals surface area contributed by atoms with Gasteiger partial charge in [-0.15, -0.1) is 0 Å². The Morgan fingerprint density at radius 1 is 1.14 bits per heavy atom. The lowest BCUT2D eigenvalue weighted by molar-refractivity contribution is -0.109. The van der Waals surface area contributed by atoms with Crippen LogP contribution in [0.3, 0.4) is 0 Å². The highest BCUT2D eigenvalue weighted by atomic mass is 32.2. The molecule has 0 spiro atoms. The normalized spacial score (nSPS) is 10.4. The number of aromatic nitrogens is 2. The highest BCUT2D eigenvalue weighted by Gasteiger charge is 2.12. The minimum Gasteiger partial charge on any atom is -0.478 e. The maximum absolute atomic E-state index is 11.1. The molecule has 0 radical (unpaired) electrons. The number of ether oxygens (including phenoxy) is 1. The van der Waals surface area contributed by atoms with Crippen LogP contribution in [0.2, 0.25) is 0 Å². The molecule has 1 heterocycles. The third kappa shape index (κ3) is 5.11. The average molecular weight is 409 g/mol. The number of carboxylic acid groups (broad SMARTS) is 1. The number of hydrogen-bond acceptors (Lipinski definition) is 7. The van der Waals surface area contributed by atoms with Crippen molar-refractivity contribution in [1.29, 1.82) is 0 Å². The van der Waals surface area contributed by atoms with Crippen LogP contribution < -0.4 is 9.46 Å². The number of aromatic carboxylic acids is 1. The first-order valence-electron chi connectivity index (χ1n) is 8.76. The second kappa shape index (κ2) is 9.20. The zero-order valence-electron chi connectivity index (χ0n) is 15.9. The second-order valence-corrected chi connectivity index (χ2v) is 7.08. The van der Waals surface area contributed by atoms with Crippen LogP contribution in [0.4, 0.5) is 5.95 Å². The van der Waals surface area contributed by atoms with Gasteiger partial charge in [0.25, 0.3) is 0 Å². The summed E-state index contributed by atoms with van der Waals surface area (Å²) in [5, 5.41) is 9.13. The molecule has 2 aromatic carbocycles. The van der Waals surface area contributed by atoms with Gasteiger partial charge in [0, 0.05) is 16.5 Å². The van der Waals surface area contributed by atoms with Crippen molar-refractivity contribution in [2.75, 3.05) is 11.3 Å². The predicted octanol–water partition coefficient (Wildman–Crippen LogP) is 4.16. The van der Waals surface area contributed by atoms with Crippen LogP contribution in [0.15, 0.2) is 53.4 Å². The Bertz CT molecular complexity index is 1040. The number of carboxylic acids is 1. The van der Waals surface area contributed by atoms with Gasteiger partial charge in [0.2, 0.25) is 11.8 Å². The number of aldehydes is 1. The van der Waals surface area contributed by atoms with Crippen LogP contribution in [0.5, 0.6) is 5.88 Å². The Morgan fingerprint density at radius 3 is 2.55 bits per heavy atom.